The molecular weight excluding hydrogens is 198 g/mol. The summed E-state index contributed by atoms with van der Waals surface area (Å²) in [5.74, 6) is 0.989. The monoisotopic (exact) mass is 219 g/mol. The van der Waals surface area contributed by atoms with Gasteiger partial charge in [-0.15, -0.1) is 0 Å². The summed E-state index contributed by atoms with van der Waals surface area (Å²) < 4.78 is 5.89. The first-order chi connectivity index (χ1) is 7.63. The highest BCUT2D eigenvalue weighted by Crippen LogP contribution is 2.20. The Labute approximate surface area is 98.0 Å². The van der Waals surface area contributed by atoms with Crippen molar-refractivity contribution in [3.05, 3.63) is 29.3 Å². The maximum atomic E-state index is 5.89. The second-order valence-electron chi connectivity index (χ2n) is 4.93. The number of ether oxygens (including phenoxy) is 1. The molecule has 0 amide bonds. The molecule has 0 aromatic heterocycles. The lowest BCUT2D eigenvalue weighted by Crippen LogP contribution is -2.30. The molecule has 2 nitrogen and oxygen atoms in total. The van der Waals surface area contributed by atoms with Crippen LogP contribution in [0, 0.1) is 13.8 Å². The van der Waals surface area contributed by atoms with Crippen LogP contribution in [-0.2, 0) is 0 Å². The van der Waals surface area contributed by atoms with Crippen molar-refractivity contribution in [3.63, 3.8) is 0 Å². The third-order valence-electron chi connectivity index (χ3n) is 2.80. The normalized spacial score (nSPS) is 17.2. The Morgan fingerprint density at radius 1 is 1.25 bits per heavy atom. The molecule has 0 radical (unpaired) electrons. The summed E-state index contributed by atoms with van der Waals surface area (Å²) in [7, 11) is 0. The van der Waals surface area contributed by atoms with Crippen molar-refractivity contribution in [1.29, 1.82) is 0 Å². The number of nitrogens with one attached hydrogen (secondary N) is 1. The topological polar surface area (TPSA) is 21.3 Å². The van der Waals surface area contributed by atoms with Crippen LogP contribution in [0.25, 0.3) is 0 Å². The maximum absolute atomic E-state index is 5.89. The van der Waals surface area contributed by atoms with Gasteiger partial charge in [-0.05, 0) is 56.9 Å². The van der Waals surface area contributed by atoms with Crippen molar-refractivity contribution in [2.45, 2.75) is 45.8 Å². The third kappa shape index (κ3) is 3.53. The molecule has 0 spiro atoms. The van der Waals surface area contributed by atoms with Gasteiger partial charge in [0.05, 0.1) is 0 Å². The first-order valence-electron chi connectivity index (χ1n) is 6.12. The minimum atomic E-state index is 0.238. The lowest BCUT2D eigenvalue weighted by molar-refractivity contribution is 0.216. The highest BCUT2D eigenvalue weighted by molar-refractivity contribution is 5.33. The summed E-state index contributed by atoms with van der Waals surface area (Å²) in [5, 5.41) is 3.48. The lowest BCUT2D eigenvalue weighted by atomic mass is 10.1. The molecule has 0 bridgehead atoms. The summed E-state index contributed by atoms with van der Waals surface area (Å²) >= 11 is 0. The first-order valence-corrected chi connectivity index (χ1v) is 6.12. The second kappa shape index (κ2) is 4.88. The molecule has 2 rings (SSSR count). The van der Waals surface area contributed by atoms with Crippen LogP contribution in [0.5, 0.6) is 5.75 Å². The molecule has 1 aromatic carbocycles. The molecule has 0 aliphatic heterocycles. The predicted octanol–water partition coefficient (Wildman–Crippen LogP) is 2.82. The van der Waals surface area contributed by atoms with Gasteiger partial charge in [0.25, 0.3) is 0 Å². The summed E-state index contributed by atoms with van der Waals surface area (Å²) in [6, 6.07) is 7.12. The van der Waals surface area contributed by atoms with E-state index < -0.39 is 0 Å². The largest absolute Gasteiger partial charge is 0.489 e. The molecule has 0 heterocycles. The molecule has 0 saturated heterocycles. The zero-order chi connectivity index (χ0) is 11.5. The molecule has 1 unspecified atom stereocenters. The summed E-state index contributed by atoms with van der Waals surface area (Å²) in [6.45, 7) is 7.27. The van der Waals surface area contributed by atoms with E-state index in [1.165, 1.54) is 24.0 Å². The molecular formula is C14H21NO. The van der Waals surface area contributed by atoms with E-state index in [0.29, 0.717) is 0 Å². The molecule has 1 atom stereocenters. The Hall–Kier alpha value is -1.02. The fraction of sp³-hybridized carbons (Fsp3) is 0.571. The van der Waals surface area contributed by atoms with E-state index in [1.807, 2.05) is 0 Å². The Morgan fingerprint density at radius 2 is 1.88 bits per heavy atom. The van der Waals surface area contributed by atoms with Crippen molar-refractivity contribution < 1.29 is 4.74 Å². The van der Waals surface area contributed by atoms with E-state index in [2.05, 4.69) is 44.3 Å². The molecule has 1 aromatic rings. The fourth-order valence-corrected chi connectivity index (χ4v) is 1.90. The van der Waals surface area contributed by atoms with E-state index in [-0.39, 0.29) is 6.10 Å². The quantitative estimate of drug-likeness (QED) is 0.822. The average molecular weight is 219 g/mol. The molecule has 1 fully saturated rings. The minimum Gasteiger partial charge on any atom is -0.489 e. The van der Waals surface area contributed by atoms with Gasteiger partial charge in [-0.3, -0.25) is 0 Å². The summed E-state index contributed by atoms with van der Waals surface area (Å²) in [6.07, 6.45) is 2.90. The van der Waals surface area contributed by atoms with Crippen molar-refractivity contribution in [2.75, 3.05) is 6.54 Å². The number of benzene rings is 1. The van der Waals surface area contributed by atoms with Crippen molar-refractivity contribution >= 4 is 0 Å². The van der Waals surface area contributed by atoms with Gasteiger partial charge >= 0.3 is 0 Å². The fourth-order valence-electron chi connectivity index (χ4n) is 1.90. The highest BCUT2D eigenvalue weighted by Gasteiger charge is 2.21. The van der Waals surface area contributed by atoms with Gasteiger partial charge in [0.2, 0.25) is 0 Å². The van der Waals surface area contributed by atoms with Crippen LogP contribution >= 0.6 is 0 Å². The zero-order valence-electron chi connectivity index (χ0n) is 10.4. The van der Waals surface area contributed by atoms with Gasteiger partial charge in [0, 0.05) is 12.6 Å². The van der Waals surface area contributed by atoms with E-state index in [9.17, 15) is 0 Å². The van der Waals surface area contributed by atoms with Gasteiger partial charge in [0.1, 0.15) is 11.9 Å². The van der Waals surface area contributed by atoms with Crippen LogP contribution < -0.4 is 10.1 Å². The van der Waals surface area contributed by atoms with Crippen LogP contribution in [0.4, 0.5) is 0 Å². The number of hydrogen-bond acceptors (Lipinski definition) is 2. The van der Waals surface area contributed by atoms with Crippen LogP contribution in [0.2, 0.25) is 0 Å². The highest BCUT2D eigenvalue weighted by atomic mass is 16.5. The summed E-state index contributed by atoms with van der Waals surface area (Å²) in [5.41, 5.74) is 2.52. The lowest BCUT2D eigenvalue weighted by Gasteiger charge is -2.16. The van der Waals surface area contributed by atoms with Gasteiger partial charge in [-0.25, -0.2) is 0 Å². The SMILES string of the molecule is Cc1cc(C)cc(OC(C)CNC2CC2)c1. The maximum Gasteiger partial charge on any atom is 0.120 e. The van der Waals surface area contributed by atoms with Crippen LogP contribution in [0.1, 0.15) is 30.9 Å². The molecule has 16 heavy (non-hydrogen) atoms. The van der Waals surface area contributed by atoms with E-state index in [4.69, 9.17) is 4.74 Å². The molecule has 88 valence electrons. The molecule has 1 saturated carbocycles. The van der Waals surface area contributed by atoms with Crippen LogP contribution in [0.15, 0.2) is 18.2 Å². The molecule has 1 N–H and O–H groups in total. The van der Waals surface area contributed by atoms with E-state index >= 15 is 0 Å². The standard InChI is InChI=1S/C14H21NO/c1-10-6-11(2)8-14(7-10)16-12(3)9-15-13-4-5-13/h6-8,12-13,15H,4-5,9H2,1-3H3. The zero-order valence-corrected chi connectivity index (χ0v) is 10.4. The summed E-state index contributed by atoms with van der Waals surface area (Å²) in [4.78, 5) is 0. The Kier molecular flexibility index (Phi) is 3.49. The first kappa shape index (κ1) is 11.5. The van der Waals surface area contributed by atoms with Crippen molar-refractivity contribution in [1.82, 2.24) is 5.32 Å². The van der Waals surface area contributed by atoms with Crippen LogP contribution in [-0.4, -0.2) is 18.7 Å². The smallest absolute Gasteiger partial charge is 0.120 e. The van der Waals surface area contributed by atoms with E-state index in [0.717, 1.165) is 18.3 Å². The second-order valence-corrected chi connectivity index (χ2v) is 4.93. The number of aryl methyl sites for hydroxylation is 2. The van der Waals surface area contributed by atoms with Gasteiger partial charge < -0.3 is 10.1 Å². The van der Waals surface area contributed by atoms with Crippen molar-refractivity contribution in [2.24, 2.45) is 0 Å². The molecule has 2 heteroatoms. The Morgan fingerprint density at radius 3 is 2.44 bits per heavy atom. The van der Waals surface area contributed by atoms with Gasteiger partial charge in [0.15, 0.2) is 0 Å². The third-order valence-corrected chi connectivity index (χ3v) is 2.80. The van der Waals surface area contributed by atoms with Crippen LogP contribution in [0.3, 0.4) is 0 Å². The average Bonchev–Trinajstić information content (AvgIpc) is 2.96. The number of rotatable bonds is 5. The van der Waals surface area contributed by atoms with Crippen molar-refractivity contribution in [3.8, 4) is 5.75 Å². The van der Waals surface area contributed by atoms with Gasteiger partial charge in [-0.2, -0.15) is 0 Å². The molecule has 1 aliphatic carbocycles. The number of hydrogen-bond donors (Lipinski definition) is 1. The Balaban J connectivity index is 1.86. The van der Waals surface area contributed by atoms with E-state index in [1.54, 1.807) is 0 Å². The molecule has 1 aliphatic rings. The Bertz CT molecular complexity index is 338. The predicted molar refractivity (Wildman–Crippen MR) is 67.0 cm³/mol. The minimum absolute atomic E-state index is 0.238. The van der Waals surface area contributed by atoms with Gasteiger partial charge in [-0.1, -0.05) is 6.07 Å².